The summed E-state index contributed by atoms with van der Waals surface area (Å²) in [7, 11) is 1.39. The van der Waals surface area contributed by atoms with Crippen LogP contribution in [-0.4, -0.2) is 13.1 Å². The van der Waals surface area contributed by atoms with Gasteiger partial charge >= 0.3 is 5.97 Å². The summed E-state index contributed by atoms with van der Waals surface area (Å²) in [5.74, 6) is -0.287. The third-order valence-electron chi connectivity index (χ3n) is 3.25. The molecule has 0 fully saturated rings. The maximum Gasteiger partial charge on any atom is 0.313 e. The van der Waals surface area contributed by atoms with Gasteiger partial charge in [0.1, 0.15) is 0 Å². The van der Waals surface area contributed by atoms with Gasteiger partial charge in [-0.05, 0) is 38.8 Å². The monoisotopic (exact) mass is 271 g/mol. The van der Waals surface area contributed by atoms with Crippen LogP contribution in [0.3, 0.4) is 0 Å². The van der Waals surface area contributed by atoms with Crippen molar-refractivity contribution < 1.29 is 9.53 Å². The van der Waals surface area contributed by atoms with E-state index in [2.05, 4.69) is 6.07 Å². The van der Waals surface area contributed by atoms with Crippen LogP contribution in [-0.2, 0) is 9.53 Å². The molecule has 4 heteroatoms. The van der Waals surface area contributed by atoms with Crippen LogP contribution >= 0.6 is 12.4 Å². The highest BCUT2D eigenvalue weighted by molar-refractivity contribution is 5.85. The molecule has 0 aliphatic carbocycles. The zero-order chi connectivity index (χ0) is 13.2. The molecule has 0 heterocycles. The summed E-state index contributed by atoms with van der Waals surface area (Å²) in [6.45, 7) is 7.66. The Morgan fingerprint density at radius 3 is 2.33 bits per heavy atom. The molecule has 0 amide bonds. The minimum atomic E-state index is -0.727. The lowest BCUT2D eigenvalue weighted by Gasteiger charge is -2.30. The minimum absolute atomic E-state index is 0. The van der Waals surface area contributed by atoms with Crippen molar-refractivity contribution in [3.8, 4) is 0 Å². The number of aryl methyl sites for hydroxylation is 2. The van der Waals surface area contributed by atoms with Crippen LogP contribution in [0.15, 0.2) is 18.2 Å². The molecule has 0 saturated heterocycles. The van der Waals surface area contributed by atoms with Crippen molar-refractivity contribution in [3.63, 3.8) is 0 Å². The van der Waals surface area contributed by atoms with Gasteiger partial charge in [-0.1, -0.05) is 23.8 Å². The number of methoxy groups -OCH3 is 1. The molecule has 0 bridgehead atoms. The van der Waals surface area contributed by atoms with Crippen LogP contribution in [0, 0.1) is 19.3 Å². The standard InChI is InChI=1S/C14H21NO2.ClH/c1-9-6-7-11(10(2)8-9)12(15)14(3,4)13(16)17-5;/h6-8,12H,15H2,1-5H3;1H/t12-;/m1./s1. The highest BCUT2D eigenvalue weighted by Crippen LogP contribution is 2.34. The Morgan fingerprint density at radius 2 is 1.89 bits per heavy atom. The average Bonchev–Trinajstić information content (AvgIpc) is 2.27. The molecule has 0 saturated carbocycles. The SMILES string of the molecule is COC(=O)C(C)(C)[C@H](N)c1ccc(C)cc1C.Cl. The molecule has 0 aromatic heterocycles. The first-order chi connectivity index (χ1) is 7.80. The van der Waals surface area contributed by atoms with E-state index in [-0.39, 0.29) is 24.4 Å². The Bertz CT molecular complexity index is 430. The van der Waals surface area contributed by atoms with Gasteiger partial charge in [0.2, 0.25) is 0 Å². The maximum atomic E-state index is 11.7. The summed E-state index contributed by atoms with van der Waals surface area (Å²) in [5, 5.41) is 0. The quantitative estimate of drug-likeness (QED) is 0.860. The molecule has 0 spiro atoms. The van der Waals surface area contributed by atoms with E-state index in [1.807, 2.05) is 39.8 Å². The topological polar surface area (TPSA) is 52.3 Å². The van der Waals surface area contributed by atoms with Gasteiger partial charge in [-0.3, -0.25) is 4.79 Å². The van der Waals surface area contributed by atoms with E-state index in [4.69, 9.17) is 10.5 Å². The fourth-order valence-corrected chi connectivity index (χ4v) is 1.95. The first-order valence-corrected chi connectivity index (χ1v) is 5.72. The first-order valence-electron chi connectivity index (χ1n) is 5.72. The first kappa shape index (κ1) is 16.9. The number of hydrogen-bond donors (Lipinski definition) is 1. The van der Waals surface area contributed by atoms with E-state index in [0.29, 0.717) is 0 Å². The second-order valence-electron chi connectivity index (χ2n) is 5.05. The van der Waals surface area contributed by atoms with E-state index >= 15 is 0 Å². The summed E-state index contributed by atoms with van der Waals surface area (Å²) < 4.78 is 4.80. The van der Waals surface area contributed by atoms with E-state index in [0.717, 1.165) is 11.1 Å². The zero-order valence-electron chi connectivity index (χ0n) is 11.6. The van der Waals surface area contributed by atoms with Gasteiger partial charge in [-0.2, -0.15) is 0 Å². The molecule has 0 radical (unpaired) electrons. The summed E-state index contributed by atoms with van der Waals surface area (Å²) in [6.07, 6.45) is 0. The lowest BCUT2D eigenvalue weighted by atomic mass is 9.79. The number of ether oxygens (including phenoxy) is 1. The Hall–Kier alpha value is -1.06. The Kier molecular flexibility index (Phi) is 5.84. The number of esters is 1. The highest BCUT2D eigenvalue weighted by atomic mass is 35.5. The van der Waals surface area contributed by atoms with Crippen LogP contribution in [0.25, 0.3) is 0 Å². The normalized spacial score (nSPS) is 12.6. The van der Waals surface area contributed by atoms with Gasteiger partial charge in [0.25, 0.3) is 0 Å². The molecule has 1 aromatic rings. The Labute approximate surface area is 115 Å². The summed E-state index contributed by atoms with van der Waals surface area (Å²) >= 11 is 0. The molecular formula is C14H22ClNO2. The van der Waals surface area contributed by atoms with Gasteiger partial charge in [0.15, 0.2) is 0 Å². The lowest BCUT2D eigenvalue weighted by molar-refractivity contribution is -0.152. The van der Waals surface area contributed by atoms with Crippen LogP contribution in [0.5, 0.6) is 0 Å². The molecule has 102 valence electrons. The molecule has 0 aliphatic heterocycles. The predicted molar refractivity (Wildman–Crippen MR) is 75.9 cm³/mol. The molecule has 1 rings (SSSR count). The van der Waals surface area contributed by atoms with E-state index in [1.54, 1.807) is 0 Å². The second kappa shape index (κ2) is 6.21. The molecule has 3 nitrogen and oxygen atoms in total. The molecule has 18 heavy (non-hydrogen) atoms. The molecule has 1 atom stereocenters. The third-order valence-corrected chi connectivity index (χ3v) is 3.25. The van der Waals surface area contributed by atoms with Gasteiger partial charge in [-0.15, -0.1) is 12.4 Å². The van der Waals surface area contributed by atoms with Crippen molar-refractivity contribution in [2.24, 2.45) is 11.1 Å². The highest BCUT2D eigenvalue weighted by Gasteiger charge is 2.37. The third kappa shape index (κ3) is 3.24. The number of hydrogen-bond acceptors (Lipinski definition) is 3. The smallest absolute Gasteiger partial charge is 0.313 e. The number of rotatable bonds is 3. The number of carbonyl (C=O) groups is 1. The fraction of sp³-hybridized carbons (Fsp3) is 0.500. The van der Waals surface area contributed by atoms with E-state index in [9.17, 15) is 4.79 Å². The maximum absolute atomic E-state index is 11.7. The second-order valence-corrected chi connectivity index (χ2v) is 5.05. The van der Waals surface area contributed by atoms with Crippen molar-refractivity contribution in [1.29, 1.82) is 0 Å². The van der Waals surface area contributed by atoms with Crippen LogP contribution in [0.1, 0.15) is 36.6 Å². The molecule has 2 N–H and O–H groups in total. The van der Waals surface area contributed by atoms with Crippen molar-refractivity contribution in [1.82, 2.24) is 0 Å². The summed E-state index contributed by atoms with van der Waals surface area (Å²) in [5.41, 5.74) is 8.76. The number of benzene rings is 1. The number of halogens is 1. The minimum Gasteiger partial charge on any atom is -0.469 e. The van der Waals surface area contributed by atoms with Crippen molar-refractivity contribution >= 4 is 18.4 Å². The van der Waals surface area contributed by atoms with Crippen LogP contribution in [0.2, 0.25) is 0 Å². The van der Waals surface area contributed by atoms with Gasteiger partial charge in [0, 0.05) is 6.04 Å². The molecule has 0 unspecified atom stereocenters. The fourth-order valence-electron chi connectivity index (χ4n) is 1.95. The van der Waals surface area contributed by atoms with E-state index < -0.39 is 5.41 Å². The lowest BCUT2D eigenvalue weighted by Crippen LogP contribution is -2.37. The van der Waals surface area contributed by atoms with Gasteiger partial charge in [-0.25, -0.2) is 0 Å². The average molecular weight is 272 g/mol. The van der Waals surface area contributed by atoms with Crippen LogP contribution < -0.4 is 5.73 Å². The zero-order valence-corrected chi connectivity index (χ0v) is 12.4. The van der Waals surface area contributed by atoms with Crippen LogP contribution in [0.4, 0.5) is 0 Å². The Balaban J connectivity index is 0.00000289. The number of nitrogens with two attached hydrogens (primary N) is 1. The van der Waals surface area contributed by atoms with Gasteiger partial charge in [0.05, 0.1) is 12.5 Å². The van der Waals surface area contributed by atoms with Crippen molar-refractivity contribution in [3.05, 3.63) is 34.9 Å². The molecular weight excluding hydrogens is 250 g/mol. The van der Waals surface area contributed by atoms with Gasteiger partial charge < -0.3 is 10.5 Å². The predicted octanol–water partition coefficient (Wildman–Crippen LogP) is 2.92. The summed E-state index contributed by atoms with van der Waals surface area (Å²) in [6, 6.07) is 5.70. The number of carbonyl (C=O) groups excluding carboxylic acids is 1. The van der Waals surface area contributed by atoms with Crippen molar-refractivity contribution in [2.45, 2.75) is 33.7 Å². The Morgan fingerprint density at radius 1 is 1.33 bits per heavy atom. The molecule has 1 aromatic carbocycles. The largest absolute Gasteiger partial charge is 0.469 e. The molecule has 0 aliphatic rings. The van der Waals surface area contributed by atoms with Crippen molar-refractivity contribution in [2.75, 3.05) is 7.11 Å². The van der Waals surface area contributed by atoms with E-state index in [1.165, 1.54) is 12.7 Å². The summed E-state index contributed by atoms with van der Waals surface area (Å²) in [4.78, 5) is 11.7.